The maximum absolute atomic E-state index is 14.0. The number of rotatable bonds is 1. The quantitative estimate of drug-likeness (QED) is 0.678. The summed E-state index contributed by atoms with van der Waals surface area (Å²) in [4.78, 5) is 7.26. The van der Waals surface area contributed by atoms with Gasteiger partial charge in [0.15, 0.2) is 10.4 Å². The van der Waals surface area contributed by atoms with Gasteiger partial charge in [-0.1, -0.05) is 6.07 Å². The van der Waals surface area contributed by atoms with Crippen LogP contribution >= 0.6 is 12.2 Å². The first-order valence-corrected chi connectivity index (χ1v) is 5.90. The number of imidazole rings is 1. The Kier molecular flexibility index (Phi) is 2.48. The lowest BCUT2D eigenvalue weighted by Crippen LogP contribution is -1.99. The molecule has 0 aliphatic rings. The van der Waals surface area contributed by atoms with Gasteiger partial charge in [0, 0.05) is 6.20 Å². The molecule has 5 heteroatoms. The standard InChI is InChI=1S/C13H10FN3S/c1-8-4-5-11(9(14)7-8)17-12-10(16-13(17)18)3-2-6-15-12/h2-7H,1H3,(H,16,18). The van der Waals surface area contributed by atoms with E-state index in [4.69, 9.17) is 12.2 Å². The first-order chi connectivity index (χ1) is 8.66. The van der Waals surface area contributed by atoms with Gasteiger partial charge < -0.3 is 4.98 Å². The average molecular weight is 259 g/mol. The highest BCUT2D eigenvalue weighted by Crippen LogP contribution is 2.20. The number of fused-ring (bicyclic) bond motifs is 1. The summed E-state index contributed by atoms with van der Waals surface area (Å²) in [6, 6.07) is 8.72. The number of aromatic nitrogens is 3. The third-order valence-corrected chi connectivity index (χ3v) is 3.07. The molecule has 3 nitrogen and oxygen atoms in total. The van der Waals surface area contributed by atoms with Gasteiger partial charge in [0.25, 0.3) is 0 Å². The predicted octanol–water partition coefficient (Wildman–Crippen LogP) is 3.53. The fourth-order valence-electron chi connectivity index (χ4n) is 1.96. The summed E-state index contributed by atoms with van der Waals surface area (Å²) in [6.07, 6.45) is 1.66. The Morgan fingerprint density at radius 2 is 2.17 bits per heavy atom. The van der Waals surface area contributed by atoms with Crippen molar-refractivity contribution in [1.82, 2.24) is 14.5 Å². The van der Waals surface area contributed by atoms with Crippen LogP contribution in [0.3, 0.4) is 0 Å². The van der Waals surface area contributed by atoms with E-state index in [9.17, 15) is 4.39 Å². The Labute approximate surface area is 108 Å². The van der Waals surface area contributed by atoms with Gasteiger partial charge >= 0.3 is 0 Å². The van der Waals surface area contributed by atoms with Crippen LogP contribution in [0.2, 0.25) is 0 Å². The van der Waals surface area contributed by atoms with E-state index >= 15 is 0 Å². The van der Waals surface area contributed by atoms with E-state index in [0.717, 1.165) is 11.1 Å². The molecule has 90 valence electrons. The smallest absolute Gasteiger partial charge is 0.184 e. The highest BCUT2D eigenvalue weighted by atomic mass is 32.1. The van der Waals surface area contributed by atoms with E-state index < -0.39 is 0 Å². The highest BCUT2D eigenvalue weighted by Gasteiger charge is 2.11. The minimum absolute atomic E-state index is 0.308. The van der Waals surface area contributed by atoms with Gasteiger partial charge in [-0.25, -0.2) is 9.37 Å². The molecule has 3 aromatic rings. The van der Waals surface area contributed by atoms with Crippen LogP contribution in [-0.2, 0) is 0 Å². The van der Waals surface area contributed by atoms with Crippen LogP contribution in [0, 0.1) is 17.5 Å². The molecule has 0 aliphatic heterocycles. The molecule has 2 aromatic heterocycles. The second kappa shape index (κ2) is 4.03. The number of hydrogen-bond acceptors (Lipinski definition) is 2. The van der Waals surface area contributed by atoms with E-state index in [2.05, 4.69) is 9.97 Å². The molecule has 0 aliphatic carbocycles. The van der Waals surface area contributed by atoms with Crippen molar-refractivity contribution >= 4 is 23.4 Å². The summed E-state index contributed by atoms with van der Waals surface area (Å²) in [5.41, 5.74) is 2.71. The summed E-state index contributed by atoms with van der Waals surface area (Å²) in [7, 11) is 0. The van der Waals surface area contributed by atoms with E-state index in [-0.39, 0.29) is 5.82 Å². The molecule has 0 atom stereocenters. The van der Waals surface area contributed by atoms with Gasteiger partial charge in [-0.2, -0.15) is 0 Å². The number of nitrogens with zero attached hydrogens (tertiary/aromatic N) is 2. The van der Waals surface area contributed by atoms with Crippen molar-refractivity contribution in [2.24, 2.45) is 0 Å². The van der Waals surface area contributed by atoms with E-state index in [0.29, 0.717) is 16.1 Å². The Balaban J connectivity index is 2.38. The molecule has 0 saturated carbocycles. The van der Waals surface area contributed by atoms with Crippen LogP contribution in [-0.4, -0.2) is 14.5 Å². The molecular weight excluding hydrogens is 249 g/mol. The Morgan fingerprint density at radius 3 is 2.94 bits per heavy atom. The molecule has 3 rings (SSSR count). The zero-order valence-electron chi connectivity index (χ0n) is 9.64. The van der Waals surface area contributed by atoms with Crippen molar-refractivity contribution in [1.29, 1.82) is 0 Å². The Bertz CT molecular complexity index is 788. The summed E-state index contributed by atoms with van der Waals surface area (Å²) >= 11 is 5.23. The van der Waals surface area contributed by atoms with Crippen LogP contribution in [0.25, 0.3) is 16.9 Å². The largest absolute Gasteiger partial charge is 0.329 e. The van der Waals surface area contributed by atoms with Crippen LogP contribution in [0.1, 0.15) is 5.56 Å². The van der Waals surface area contributed by atoms with Crippen LogP contribution in [0.4, 0.5) is 4.39 Å². The maximum atomic E-state index is 14.0. The van der Waals surface area contributed by atoms with Gasteiger partial charge in [0.1, 0.15) is 5.82 Å². The second-order valence-corrected chi connectivity index (χ2v) is 4.48. The fourth-order valence-corrected chi connectivity index (χ4v) is 2.25. The summed E-state index contributed by atoms with van der Waals surface area (Å²) in [5, 5.41) is 0. The topological polar surface area (TPSA) is 33.6 Å². The molecule has 18 heavy (non-hydrogen) atoms. The Hall–Kier alpha value is -2.01. The maximum Gasteiger partial charge on any atom is 0.184 e. The number of nitrogens with one attached hydrogen (secondary N) is 1. The normalized spacial score (nSPS) is 11.0. The van der Waals surface area contributed by atoms with Gasteiger partial charge in [0.05, 0.1) is 11.2 Å². The minimum Gasteiger partial charge on any atom is -0.329 e. The zero-order chi connectivity index (χ0) is 12.7. The monoisotopic (exact) mass is 259 g/mol. The lowest BCUT2D eigenvalue weighted by Gasteiger charge is -2.05. The third-order valence-electron chi connectivity index (χ3n) is 2.79. The minimum atomic E-state index is -0.308. The lowest BCUT2D eigenvalue weighted by atomic mass is 10.2. The molecule has 0 unspecified atom stereocenters. The van der Waals surface area contributed by atoms with E-state index in [1.807, 2.05) is 25.1 Å². The van der Waals surface area contributed by atoms with Crippen molar-refractivity contribution in [2.45, 2.75) is 6.92 Å². The SMILES string of the molecule is Cc1ccc(-n2c(=S)[nH]c3cccnc32)c(F)c1. The number of halogens is 1. The highest BCUT2D eigenvalue weighted by molar-refractivity contribution is 7.71. The molecule has 1 N–H and O–H groups in total. The van der Waals surface area contributed by atoms with Crippen molar-refractivity contribution < 1.29 is 4.39 Å². The molecule has 0 spiro atoms. The van der Waals surface area contributed by atoms with E-state index in [1.54, 1.807) is 16.8 Å². The van der Waals surface area contributed by atoms with Crippen molar-refractivity contribution in [3.8, 4) is 5.69 Å². The number of hydrogen-bond donors (Lipinski definition) is 1. The predicted molar refractivity (Wildman–Crippen MR) is 70.9 cm³/mol. The molecule has 1 aromatic carbocycles. The van der Waals surface area contributed by atoms with Gasteiger partial charge in [0.2, 0.25) is 0 Å². The third kappa shape index (κ3) is 1.64. The van der Waals surface area contributed by atoms with Gasteiger partial charge in [-0.3, -0.25) is 4.57 Å². The average Bonchev–Trinajstić information content (AvgIpc) is 2.66. The Morgan fingerprint density at radius 1 is 1.33 bits per heavy atom. The number of H-pyrrole nitrogens is 1. The zero-order valence-corrected chi connectivity index (χ0v) is 10.5. The van der Waals surface area contributed by atoms with Gasteiger partial charge in [-0.05, 0) is 49.0 Å². The number of aryl methyl sites for hydroxylation is 1. The number of aromatic amines is 1. The summed E-state index contributed by atoms with van der Waals surface area (Å²) in [5.74, 6) is -0.308. The van der Waals surface area contributed by atoms with Crippen LogP contribution in [0.5, 0.6) is 0 Å². The molecule has 0 radical (unpaired) electrons. The first kappa shape index (κ1) is 11.1. The molecule has 0 saturated heterocycles. The number of benzene rings is 1. The lowest BCUT2D eigenvalue weighted by molar-refractivity contribution is 0.617. The first-order valence-electron chi connectivity index (χ1n) is 5.49. The van der Waals surface area contributed by atoms with Crippen LogP contribution in [0.15, 0.2) is 36.5 Å². The van der Waals surface area contributed by atoms with Crippen LogP contribution < -0.4 is 0 Å². The molecule has 2 heterocycles. The summed E-state index contributed by atoms with van der Waals surface area (Å²) < 4.78 is 16.1. The van der Waals surface area contributed by atoms with E-state index in [1.165, 1.54) is 6.07 Å². The van der Waals surface area contributed by atoms with Gasteiger partial charge in [-0.15, -0.1) is 0 Å². The molecule has 0 amide bonds. The second-order valence-electron chi connectivity index (χ2n) is 4.09. The van der Waals surface area contributed by atoms with Crippen molar-refractivity contribution in [2.75, 3.05) is 0 Å². The molecular formula is C13H10FN3S. The van der Waals surface area contributed by atoms with Crippen molar-refractivity contribution in [3.05, 3.63) is 52.7 Å². The molecule has 0 fully saturated rings. The number of pyridine rings is 1. The van der Waals surface area contributed by atoms with Crippen molar-refractivity contribution in [3.63, 3.8) is 0 Å². The summed E-state index contributed by atoms with van der Waals surface area (Å²) in [6.45, 7) is 1.85. The molecule has 0 bridgehead atoms. The fraction of sp³-hybridized carbons (Fsp3) is 0.0769.